The number of hydrogen-bond acceptors (Lipinski definition) is 7. The van der Waals surface area contributed by atoms with Crippen LogP contribution in [0.4, 0.5) is 15.8 Å². The molecule has 1 aliphatic rings. The molecule has 0 saturated carbocycles. The lowest BCUT2D eigenvalue weighted by molar-refractivity contribution is -0.222. The summed E-state index contributed by atoms with van der Waals surface area (Å²) < 4.78 is 50.1. The number of halogens is 1. The van der Waals surface area contributed by atoms with Gasteiger partial charge in [0.05, 0.1) is 10.6 Å². The minimum atomic E-state index is -3.92. The Bertz CT molecular complexity index is 1070. The van der Waals surface area contributed by atoms with E-state index in [1.165, 1.54) is 26.0 Å². The molecule has 1 heterocycles. The summed E-state index contributed by atoms with van der Waals surface area (Å²) in [5.41, 5.74) is 0.275. The molecule has 3 rings (SSSR count). The topological polar surface area (TPSA) is 111 Å². The van der Waals surface area contributed by atoms with Gasteiger partial charge in [0.1, 0.15) is 5.82 Å². The third kappa shape index (κ3) is 4.91. The van der Waals surface area contributed by atoms with Gasteiger partial charge in [-0.3, -0.25) is 4.72 Å². The summed E-state index contributed by atoms with van der Waals surface area (Å²) in [5, 5.41) is 2.73. The number of hydrogen-bond donors (Lipinski definition) is 2. The lowest BCUT2D eigenvalue weighted by Crippen LogP contribution is -2.42. The van der Waals surface area contributed by atoms with Crippen molar-refractivity contribution in [1.29, 1.82) is 0 Å². The van der Waals surface area contributed by atoms with Crippen molar-refractivity contribution < 1.29 is 31.9 Å². The molecule has 0 radical (unpaired) electrons. The van der Waals surface area contributed by atoms with Gasteiger partial charge in [-0.1, -0.05) is 6.07 Å². The van der Waals surface area contributed by atoms with Crippen LogP contribution < -0.4 is 10.0 Å². The lowest BCUT2D eigenvalue weighted by atomic mass is 10.2. The zero-order valence-electron chi connectivity index (χ0n) is 15.4. The van der Waals surface area contributed by atoms with Crippen molar-refractivity contribution in [3.63, 3.8) is 0 Å². The summed E-state index contributed by atoms with van der Waals surface area (Å²) in [7, 11) is -3.92. The van der Waals surface area contributed by atoms with Crippen LogP contribution in [0.2, 0.25) is 0 Å². The third-order valence-corrected chi connectivity index (χ3v) is 5.14. The van der Waals surface area contributed by atoms with Gasteiger partial charge in [0, 0.05) is 25.7 Å². The van der Waals surface area contributed by atoms with E-state index >= 15 is 0 Å². The quantitative estimate of drug-likeness (QED) is 0.435. The van der Waals surface area contributed by atoms with E-state index in [-0.39, 0.29) is 16.2 Å². The van der Waals surface area contributed by atoms with E-state index in [9.17, 15) is 22.4 Å². The molecule has 2 N–H and O–H groups in total. The molecular formula is C19H17FN2O6S. The van der Waals surface area contributed by atoms with E-state index in [1.807, 2.05) is 0 Å². The van der Waals surface area contributed by atoms with Crippen molar-refractivity contribution in [2.75, 3.05) is 10.0 Å². The smallest absolute Gasteiger partial charge is 0.350 e. The maximum Gasteiger partial charge on any atom is 0.350 e. The Kier molecular flexibility index (Phi) is 5.29. The average Bonchev–Trinajstić information content (AvgIpc) is 2.60. The molecule has 29 heavy (non-hydrogen) atoms. The Morgan fingerprint density at radius 3 is 2.17 bits per heavy atom. The van der Waals surface area contributed by atoms with E-state index in [4.69, 9.17) is 9.47 Å². The van der Waals surface area contributed by atoms with Crippen LogP contribution >= 0.6 is 0 Å². The van der Waals surface area contributed by atoms with E-state index in [0.29, 0.717) is 5.69 Å². The first kappa shape index (κ1) is 20.3. The number of cyclic esters (lactones) is 2. The molecule has 0 unspecified atom stereocenters. The number of nitrogens with one attached hydrogen (secondary N) is 2. The largest absolute Gasteiger partial charge is 0.419 e. The summed E-state index contributed by atoms with van der Waals surface area (Å²) >= 11 is 0. The number of carbonyl (C=O) groups excluding carboxylic acids is 2. The molecule has 0 bridgehead atoms. The summed E-state index contributed by atoms with van der Waals surface area (Å²) in [6.07, 6.45) is 1.12. The molecule has 10 heteroatoms. The molecule has 8 nitrogen and oxygen atoms in total. The molecule has 2 aromatic carbocycles. The van der Waals surface area contributed by atoms with Crippen LogP contribution in [0.25, 0.3) is 0 Å². The molecule has 0 aromatic heterocycles. The van der Waals surface area contributed by atoms with Crippen LogP contribution in [0.1, 0.15) is 13.8 Å². The summed E-state index contributed by atoms with van der Waals surface area (Å²) in [6.45, 7) is 2.87. The monoisotopic (exact) mass is 420 g/mol. The molecule has 2 aromatic rings. The van der Waals surface area contributed by atoms with Gasteiger partial charge in [0.2, 0.25) is 0 Å². The number of esters is 2. The average molecular weight is 420 g/mol. The zero-order chi connectivity index (χ0) is 21.2. The highest BCUT2D eigenvalue weighted by molar-refractivity contribution is 7.92. The second kappa shape index (κ2) is 7.55. The van der Waals surface area contributed by atoms with Crippen LogP contribution in [0.15, 0.2) is 65.2 Å². The van der Waals surface area contributed by atoms with Gasteiger partial charge < -0.3 is 14.8 Å². The first-order chi connectivity index (χ1) is 13.6. The summed E-state index contributed by atoms with van der Waals surface area (Å²) in [5.74, 6) is -3.57. The maximum atomic E-state index is 13.0. The van der Waals surface area contributed by atoms with Crippen molar-refractivity contribution in [3.05, 3.63) is 66.1 Å². The van der Waals surface area contributed by atoms with Gasteiger partial charge in [0.25, 0.3) is 15.8 Å². The third-order valence-electron chi connectivity index (χ3n) is 3.74. The Morgan fingerprint density at radius 1 is 0.966 bits per heavy atom. The van der Waals surface area contributed by atoms with Crippen LogP contribution in [-0.2, 0) is 29.1 Å². The van der Waals surface area contributed by atoms with Crippen LogP contribution in [0, 0.1) is 5.82 Å². The van der Waals surface area contributed by atoms with Crippen LogP contribution in [0.5, 0.6) is 0 Å². The number of rotatable bonds is 5. The van der Waals surface area contributed by atoms with Gasteiger partial charge in [-0.2, -0.15) is 0 Å². The Hall–Kier alpha value is -3.40. The number of anilines is 2. The molecular weight excluding hydrogens is 403 g/mol. The molecule has 0 amide bonds. The van der Waals surface area contributed by atoms with E-state index in [1.54, 1.807) is 12.1 Å². The number of benzene rings is 2. The first-order valence-electron chi connectivity index (χ1n) is 8.38. The summed E-state index contributed by atoms with van der Waals surface area (Å²) in [6, 6.07) is 10.5. The van der Waals surface area contributed by atoms with Crippen LogP contribution in [0.3, 0.4) is 0 Å². The highest BCUT2D eigenvalue weighted by atomic mass is 32.2. The molecule has 0 aliphatic carbocycles. The van der Waals surface area contributed by atoms with Crippen molar-refractivity contribution in [3.8, 4) is 0 Å². The summed E-state index contributed by atoms with van der Waals surface area (Å²) in [4.78, 5) is 23.8. The normalized spacial score (nSPS) is 15.9. The van der Waals surface area contributed by atoms with Crippen molar-refractivity contribution >= 4 is 33.3 Å². The minimum Gasteiger partial charge on any atom is -0.419 e. The van der Waals surface area contributed by atoms with E-state index in [2.05, 4.69) is 10.0 Å². The first-order valence-corrected chi connectivity index (χ1v) is 9.86. The van der Waals surface area contributed by atoms with Gasteiger partial charge in [-0.25, -0.2) is 22.4 Å². The van der Waals surface area contributed by atoms with E-state index < -0.39 is 33.6 Å². The predicted molar refractivity (Wildman–Crippen MR) is 102 cm³/mol. The van der Waals surface area contributed by atoms with Crippen molar-refractivity contribution in [1.82, 2.24) is 0 Å². The standard InChI is InChI=1S/C19H17FN2O6S/c1-19(2)27-17(23)16(18(24)28-19)11-21-13-4-3-5-14(10-13)22-29(25,26)15-8-6-12(20)7-9-15/h3-11,21-22H,1-2H3. The lowest BCUT2D eigenvalue weighted by Gasteiger charge is -2.29. The number of carbonyl (C=O) groups is 2. The van der Waals surface area contributed by atoms with Crippen LogP contribution in [-0.4, -0.2) is 26.1 Å². The molecule has 1 fully saturated rings. The highest BCUT2D eigenvalue weighted by Gasteiger charge is 2.38. The van der Waals surface area contributed by atoms with Crippen molar-refractivity contribution in [2.45, 2.75) is 24.5 Å². The molecule has 0 spiro atoms. The molecule has 152 valence electrons. The van der Waals surface area contributed by atoms with Gasteiger partial charge in [-0.05, 0) is 42.5 Å². The predicted octanol–water partition coefficient (Wildman–Crippen LogP) is 2.76. The van der Waals surface area contributed by atoms with Gasteiger partial charge >= 0.3 is 11.9 Å². The zero-order valence-corrected chi connectivity index (χ0v) is 16.2. The second-order valence-corrected chi connectivity index (χ2v) is 8.20. The molecule has 1 saturated heterocycles. The highest BCUT2D eigenvalue weighted by Crippen LogP contribution is 2.24. The van der Waals surface area contributed by atoms with Crippen molar-refractivity contribution in [2.24, 2.45) is 0 Å². The Morgan fingerprint density at radius 2 is 1.55 bits per heavy atom. The Labute approximate surface area is 166 Å². The number of sulfonamides is 1. The minimum absolute atomic E-state index is 0.102. The fraction of sp³-hybridized carbons (Fsp3) is 0.158. The SMILES string of the molecule is CC1(C)OC(=O)C(=CNc2cccc(NS(=O)(=O)c3ccc(F)cc3)c2)C(=O)O1. The Balaban J connectivity index is 1.75. The second-order valence-electron chi connectivity index (χ2n) is 6.52. The number of ether oxygens (including phenoxy) is 2. The molecule has 1 aliphatic heterocycles. The molecule has 0 atom stereocenters. The van der Waals surface area contributed by atoms with Gasteiger partial charge in [0.15, 0.2) is 5.57 Å². The van der Waals surface area contributed by atoms with Gasteiger partial charge in [-0.15, -0.1) is 0 Å². The van der Waals surface area contributed by atoms with E-state index in [0.717, 1.165) is 30.5 Å². The maximum absolute atomic E-state index is 13.0. The fourth-order valence-electron chi connectivity index (χ4n) is 2.43. The fourth-order valence-corrected chi connectivity index (χ4v) is 3.48.